The van der Waals surface area contributed by atoms with E-state index in [0.717, 1.165) is 97.4 Å². The number of hydrogen-bond donors (Lipinski definition) is 1. The van der Waals surface area contributed by atoms with Crippen LogP contribution in [0, 0.1) is 0 Å². The lowest BCUT2D eigenvalue weighted by Gasteiger charge is -2.32. The first-order valence-corrected chi connectivity index (χ1v) is 13.1. The number of pyridine rings is 1. The van der Waals surface area contributed by atoms with Gasteiger partial charge in [0.25, 0.3) is 5.91 Å². The molecule has 1 aliphatic heterocycles. The molecule has 1 saturated heterocycles. The molecule has 1 aromatic heterocycles. The molecule has 2 aliphatic rings. The maximum atomic E-state index is 13.6. The molecule has 0 atom stereocenters. The second kappa shape index (κ2) is 11.2. The van der Waals surface area contributed by atoms with Crippen LogP contribution in [0.1, 0.15) is 46.4 Å². The van der Waals surface area contributed by atoms with Crippen LogP contribution in [0.4, 0.5) is 0 Å². The molecule has 1 aliphatic carbocycles. The number of carbonyl (C=O) groups is 1. The highest BCUT2D eigenvalue weighted by atomic mass is 16.5. The number of allylic oxidation sites excluding steroid dienone is 1. The van der Waals surface area contributed by atoms with E-state index in [1.165, 1.54) is 5.57 Å². The molecule has 0 saturated carbocycles. The summed E-state index contributed by atoms with van der Waals surface area (Å²) in [6.07, 6.45) is 6.01. The van der Waals surface area contributed by atoms with Gasteiger partial charge in [0.05, 0.1) is 23.9 Å². The van der Waals surface area contributed by atoms with Crippen molar-refractivity contribution in [3.63, 3.8) is 0 Å². The largest absolute Gasteiger partial charge is 0.497 e. The standard InChI is InChI=1S/C30H36N4O2/c1-33-17-19-34(20-18-33)16-6-15-31-30(35)28-25-8-3-4-10-27(25)32-29-23(7-5-9-26(28)29)21-22-11-13-24(36-2)14-12-22/h3-4,8,10-14,21H,5-7,9,15-20H2,1-2H3,(H,31,35)/b23-21+. The lowest BCUT2D eigenvalue weighted by Crippen LogP contribution is -2.45. The molecule has 0 unspecified atom stereocenters. The number of nitrogens with zero attached hydrogens (tertiary/aromatic N) is 3. The van der Waals surface area contributed by atoms with Crippen LogP contribution in [-0.2, 0) is 6.42 Å². The summed E-state index contributed by atoms with van der Waals surface area (Å²) in [5.74, 6) is 0.866. The molecule has 1 N–H and O–H groups in total. The van der Waals surface area contributed by atoms with Crippen LogP contribution in [0.2, 0.25) is 0 Å². The van der Waals surface area contributed by atoms with Crippen molar-refractivity contribution in [1.29, 1.82) is 0 Å². The van der Waals surface area contributed by atoms with Gasteiger partial charge in [-0.2, -0.15) is 0 Å². The lowest BCUT2D eigenvalue weighted by molar-refractivity contribution is 0.0950. The highest BCUT2D eigenvalue weighted by Crippen LogP contribution is 2.36. The van der Waals surface area contributed by atoms with Gasteiger partial charge in [0.2, 0.25) is 0 Å². The van der Waals surface area contributed by atoms with Gasteiger partial charge in [-0.1, -0.05) is 30.3 Å². The minimum atomic E-state index is 0.0222. The van der Waals surface area contributed by atoms with Crippen LogP contribution in [0.25, 0.3) is 22.6 Å². The quantitative estimate of drug-likeness (QED) is 0.501. The van der Waals surface area contributed by atoms with Crippen molar-refractivity contribution in [2.24, 2.45) is 0 Å². The maximum Gasteiger partial charge on any atom is 0.252 e. The molecule has 6 heteroatoms. The number of rotatable bonds is 7. The Balaban J connectivity index is 1.38. The van der Waals surface area contributed by atoms with Gasteiger partial charge in [0.15, 0.2) is 0 Å². The Labute approximate surface area is 214 Å². The fourth-order valence-electron chi connectivity index (χ4n) is 5.30. The lowest BCUT2D eigenvalue weighted by atomic mass is 9.85. The van der Waals surface area contributed by atoms with Gasteiger partial charge >= 0.3 is 0 Å². The third kappa shape index (κ3) is 5.45. The van der Waals surface area contributed by atoms with Gasteiger partial charge in [-0.3, -0.25) is 4.79 Å². The molecule has 0 spiro atoms. The van der Waals surface area contributed by atoms with E-state index in [0.29, 0.717) is 6.54 Å². The Morgan fingerprint density at radius 2 is 1.83 bits per heavy atom. The molecule has 0 radical (unpaired) electrons. The van der Waals surface area contributed by atoms with E-state index in [2.05, 4.69) is 40.4 Å². The van der Waals surface area contributed by atoms with Crippen molar-refractivity contribution in [2.45, 2.75) is 25.7 Å². The molecule has 36 heavy (non-hydrogen) atoms. The highest BCUT2D eigenvalue weighted by molar-refractivity contribution is 6.09. The fourth-order valence-corrected chi connectivity index (χ4v) is 5.30. The predicted molar refractivity (Wildman–Crippen MR) is 146 cm³/mol. The van der Waals surface area contributed by atoms with Crippen molar-refractivity contribution >= 4 is 28.5 Å². The predicted octanol–water partition coefficient (Wildman–Crippen LogP) is 4.49. The maximum absolute atomic E-state index is 13.6. The van der Waals surface area contributed by atoms with Crippen molar-refractivity contribution < 1.29 is 9.53 Å². The number of amides is 1. The van der Waals surface area contributed by atoms with Crippen LogP contribution in [0.3, 0.4) is 0 Å². The van der Waals surface area contributed by atoms with Gasteiger partial charge in [-0.25, -0.2) is 4.98 Å². The number of carbonyl (C=O) groups excluding carboxylic acids is 1. The summed E-state index contributed by atoms with van der Waals surface area (Å²) in [7, 11) is 3.85. The van der Waals surface area contributed by atoms with Gasteiger partial charge in [-0.05, 0) is 80.3 Å². The first kappa shape index (κ1) is 24.5. The normalized spacial score (nSPS) is 17.8. The second-order valence-corrected chi connectivity index (χ2v) is 9.88. The number of fused-ring (bicyclic) bond motifs is 2. The Morgan fingerprint density at radius 3 is 2.61 bits per heavy atom. The molecule has 1 amide bonds. The van der Waals surface area contributed by atoms with Crippen LogP contribution in [0.5, 0.6) is 5.75 Å². The van der Waals surface area contributed by atoms with Gasteiger partial charge in [-0.15, -0.1) is 0 Å². The van der Waals surface area contributed by atoms with Gasteiger partial charge in [0, 0.05) is 38.1 Å². The van der Waals surface area contributed by atoms with E-state index < -0.39 is 0 Å². The van der Waals surface area contributed by atoms with Gasteiger partial charge in [0.1, 0.15) is 5.75 Å². The molecule has 6 nitrogen and oxygen atoms in total. The van der Waals surface area contributed by atoms with Crippen molar-refractivity contribution in [2.75, 3.05) is 53.4 Å². The summed E-state index contributed by atoms with van der Waals surface area (Å²) in [6, 6.07) is 16.1. The third-order valence-electron chi connectivity index (χ3n) is 7.39. The van der Waals surface area contributed by atoms with Crippen LogP contribution >= 0.6 is 0 Å². The van der Waals surface area contributed by atoms with E-state index in [-0.39, 0.29) is 5.91 Å². The first-order chi connectivity index (χ1) is 17.6. The minimum absolute atomic E-state index is 0.0222. The second-order valence-electron chi connectivity index (χ2n) is 9.88. The summed E-state index contributed by atoms with van der Waals surface area (Å²) < 4.78 is 5.30. The Bertz CT molecular complexity index is 1240. The van der Waals surface area contributed by atoms with Crippen LogP contribution in [0.15, 0.2) is 48.5 Å². The van der Waals surface area contributed by atoms with Crippen molar-refractivity contribution in [3.05, 3.63) is 70.9 Å². The number of aromatic nitrogens is 1. The minimum Gasteiger partial charge on any atom is -0.497 e. The highest BCUT2D eigenvalue weighted by Gasteiger charge is 2.25. The van der Waals surface area contributed by atoms with Crippen LogP contribution < -0.4 is 10.1 Å². The molecule has 2 aromatic carbocycles. The number of ether oxygens (including phenoxy) is 1. The number of hydrogen-bond acceptors (Lipinski definition) is 5. The zero-order valence-electron chi connectivity index (χ0n) is 21.4. The number of piperazine rings is 1. The number of benzene rings is 2. The fraction of sp³-hybridized carbons (Fsp3) is 0.400. The molecule has 5 rings (SSSR count). The van der Waals surface area contributed by atoms with E-state index in [9.17, 15) is 4.79 Å². The van der Waals surface area contributed by atoms with E-state index in [1.54, 1.807) is 7.11 Å². The van der Waals surface area contributed by atoms with E-state index in [4.69, 9.17) is 9.72 Å². The Kier molecular flexibility index (Phi) is 7.63. The topological polar surface area (TPSA) is 57.7 Å². The average Bonchev–Trinajstić information content (AvgIpc) is 2.91. The Morgan fingerprint density at radius 1 is 1.06 bits per heavy atom. The van der Waals surface area contributed by atoms with E-state index in [1.807, 2.05) is 36.4 Å². The molecule has 3 aromatic rings. The number of likely N-dealkylation sites (N-methyl/N-ethyl adjacent to an activating group) is 1. The molecular formula is C30H36N4O2. The molecule has 0 bridgehead atoms. The average molecular weight is 485 g/mol. The number of methoxy groups -OCH3 is 1. The van der Waals surface area contributed by atoms with Gasteiger partial charge < -0.3 is 19.9 Å². The molecule has 1 fully saturated rings. The summed E-state index contributed by atoms with van der Waals surface area (Å²) in [5.41, 5.74) is 6.03. The smallest absolute Gasteiger partial charge is 0.252 e. The molecular weight excluding hydrogens is 448 g/mol. The van der Waals surface area contributed by atoms with E-state index >= 15 is 0 Å². The summed E-state index contributed by atoms with van der Waals surface area (Å²) >= 11 is 0. The van der Waals surface area contributed by atoms with Crippen molar-refractivity contribution in [1.82, 2.24) is 20.1 Å². The summed E-state index contributed by atoms with van der Waals surface area (Å²) in [5, 5.41) is 4.17. The SMILES string of the molecule is COc1ccc(/C=C2\CCCc3c2nc2ccccc2c3C(=O)NCCCN2CCN(C)CC2)cc1. The number of para-hydroxylation sites is 1. The van der Waals surface area contributed by atoms with Crippen LogP contribution in [-0.4, -0.2) is 74.1 Å². The summed E-state index contributed by atoms with van der Waals surface area (Å²) in [4.78, 5) is 23.5. The molecule has 2 heterocycles. The first-order valence-electron chi connectivity index (χ1n) is 13.1. The third-order valence-corrected chi connectivity index (χ3v) is 7.39. The molecule has 188 valence electrons. The zero-order valence-corrected chi connectivity index (χ0v) is 21.4. The van der Waals surface area contributed by atoms with Crippen molar-refractivity contribution in [3.8, 4) is 5.75 Å². The summed E-state index contributed by atoms with van der Waals surface area (Å²) in [6.45, 7) is 6.16. The number of nitrogens with one attached hydrogen (secondary N) is 1. The Hall–Kier alpha value is -3.22. The monoisotopic (exact) mass is 484 g/mol. The zero-order chi connectivity index (χ0) is 24.9.